The lowest BCUT2D eigenvalue weighted by atomic mass is 10.2. The standard InChI is InChI=1S/C12H15IO5S/c1-8(2)19(16,17)6-5-18-11-7-9(12(14)15)3-4-10(11)13/h3-4,7-8H,5-6H2,1-2H3,(H,14,15). The highest BCUT2D eigenvalue weighted by Crippen LogP contribution is 2.22. The van der Waals surface area contributed by atoms with Gasteiger partial charge in [-0.05, 0) is 54.6 Å². The molecule has 0 fully saturated rings. The maximum Gasteiger partial charge on any atom is 0.335 e. The third-order valence-corrected chi connectivity index (χ3v) is 5.59. The molecular weight excluding hydrogens is 383 g/mol. The van der Waals surface area contributed by atoms with Gasteiger partial charge in [0.25, 0.3) is 0 Å². The van der Waals surface area contributed by atoms with E-state index in [0.29, 0.717) is 5.75 Å². The van der Waals surface area contributed by atoms with Crippen LogP contribution >= 0.6 is 22.6 Å². The smallest absolute Gasteiger partial charge is 0.335 e. The molecular formula is C12H15IO5S. The first-order valence-corrected chi connectivity index (χ1v) is 8.40. The first-order chi connectivity index (χ1) is 8.74. The van der Waals surface area contributed by atoms with Crippen LogP contribution in [-0.4, -0.2) is 37.1 Å². The molecule has 5 nitrogen and oxygen atoms in total. The zero-order chi connectivity index (χ0) is 14.6. The normalized spacial score (nSPS) is 11.6. The van der Waals surface area contributed by atoms with Gasteiger partial charge in [0.2, 0.25) is 0 Å². The summed E-state index contributed by atoms with van der Waals surface area (Å²) in [6.45, 7) is 3.24. The summed E-state index contributed by atoms with van der Waals surface area (Å²) in [6.07, 6.45) is 0. The van der Waals surface area contributed by atoms with Crippen LogP contribution in [0.15, 0.2) is 18.2 Å². The minimum absolute atomic E-state index is 0.0135. The Morgan fingerprint density at radius 1 is 1.42 bits per heavy atom. The molecule has 1 aromatic rings. The third-order valence-electron chi connectivity index (χ3n) is 2.52. The second-order valence-electron chi connectivity index (χ2n) is 4.21. The molecule has 106 valence electrons. The topological polar surface area (TPSA) is 80.7 Å². The van der Waals surface area contributed by atoms with Gasteiger partial charge in [-0.3, -0.25) is 0 Å². The third kappa shape index (κ3) is 4.64. The molecule has 0 unspecified atom stereocenters. The highest BCUT2D eigenvalue weighted by molar-refractivity contribution is 14.1. The maximum atomic E-state index is 11.6. The molecule has 1 rings (SSSR count). The van der Waals surface area contributed by atoms with E-state index in [9.17, 15) is 13.2 Å². The fraction of sp³-hybridized carbons (Fsp3) is 0.417. The molecule has 19 heavy (non-hydrogen) atoms. The first-order valence-electron chi connectivity index (χ1n) is 5.61. The Hall–Kier alpha value is -0.830. The van der Waals surface area contributed by atoms with Crippen molar-refractivity contribution in [2.24, 2.45) is 0 Å². The van der Waals surface area contributed by atoms with E-state index >= 15 is 0 Å². The molecule has 0 aliphatic carbocycles. The fourth-order valence-electron chi connectivity index (χ4n) is 1.25. The highest BCUT2D eigenvalue weighted by atomic mass is 127. The zero-order valence-corrected chi connectivity index (χ0v) is 13.6. The Bertz CT molecular complexity index is 565. The molecule has 0 amide bonds. The largest absolute Gasteiger partial charge is 0.491 e. The number of carboxylic acid groups (broad SMARTS) is 1. The van der Waals surface area contributed by atoms with Crippen LogP contribution in [0.4, 0.5) is 0 Å². The number of carbonyl (C=O) groups is 1. The number of sulfone groups is 1. The number of hydrogen-bond donors (Lipinski definition) is 1. The van der Waals surface area contributed by atoms with Crippen molar-refractivity contribution in [2.45, 2.75) is 19.1 Å². The van der Waals surface area contributed by atoms with E-state index in [1.807, 2.05) is 22.6 Å². The number of aromatic carboxylic acids is 1. The Kier molecular flexibility index (Phi) is 5.60. The molecule has 1 N–H and O–H groups in total. The first kappa shape index (κ1) is 16.2. The minimum atomic E-state index is -3.15. The van der Waals surface area contributed by atoms with Crippen LogP contribution in [0.3, 0.4) is 0 Å². The molecule has 0 radical (unpaired) electrons. The zero-order valence-electron chi connectivity index (χ0n) is 10.6. The Labute approximate surface area is 126 Å². The molecule has 1 aromatic carbocycles. The summed E-state index contributed by atoms with van der Waals surface area (Å²) in [6, 6.07) is 4.49. The quantitative estimate of drug-likeness (QED) is 0.744. The van der Waals surface area contributed by atoms with Crippen molar-refractivity contribution in [1.82, 2.24) is 0 Å². The number of halogens is 1. The van der Waals surface area contributed by atoms with Crippen LogP contribution in [0.5, 0.6) is 5.75 Å². The molecule has 0 aromatic heterocycles. The number of rotatable bonds is 6. The highest BCUT2D eigenvalue weighted by Gasteiger charge is 2.16. The van der Waals surface area contributed by atoms with Gasteiger partial charge in [0.1, 0.15) is 12.4 Å². The summed E-state index contributed by atoms with van der Waals surface area (Å²) in [5, 5.41) is 8.43. The summed E-state index contributed by atoms with van der Waals surface area (Å²) in [5.41, 5.74) is 0.113. The second-order valence-corrected chi connectivity index (χ2v) is 8.05. The Balaban J connectivity index is 2.73. The van der Waals surface area contributed by atoms with Gasteiger partial charge < -0.3 is 9.84 Å². The van der Waals surface area contributed by atoms with Crippen molar-refractivity contribution in [3.8, 4) is 5.75 Å². The van der Waals surface area contributed by atoms with E-state index < -0.39 is 21.1 Å². The van der Waals surface area contributed by atoms with Crippen molar-refractivity contribution in [3.05, 3.63) is 27.3 Å². The minimum Gasteiger partial charge on any atom is -0.491 e. The van der Waals surface area contributed by atoms with E-state index in [1.165, 1.54) is 12.1 Å². The molecule has 0 aliphatic rings. The van der Waals surface area contributed by atoms with Crippen LogP contribution in [0.25, 0.3) is 0 Å². The molecule has 0 heterocycles. The van der Waals surface area contributed by atoms with Gasteiger partial charge in [0.15, 0.2) is 9.84 Å². The Morgan fingerprint density at radius 3 is 2.58 bits per heavy atom. The summed E-state index contributed by atoms with van der Waals surface area (Å²) in [4.78, 5) is 10.8. The van der Waals surface area contributed by atoms with Crippen molar-refractivity contribution in [3.63, 3.8) is 0 Å². The van der Waals surface area contributed by atoms with Crippen molar-refractivity contribution < 1.29 is 23.1 Å². The van der Waals surface area contributed by atoms with Crippen molar-refractivity contribution >= 4 is 38.4 Å². The SMILES string of the molecule is CC(C)S(=O)(=O)CCOc1cc(C(=O)O)ccc1I. The molecule has 0 aliphatic heterocycles. The fourth-order valence-corrected chi connectivity index (χ4v) is 2.53. The predicted molar refractivity (Wildman–Crippen MR) is 80.5 cm³/mol. The van der Waals surface area contributed by atoms with Crippen LogP contribution < -0.4 is 4.74 Å². The molecule has 0 bridgehead atoms. The number of carboxylic acids is 1. The average Bonchev–Trinajstić information content (AvgIpc) is 2.30. The number of hydrogen-bond acceptors (Lipinski definition) is 4. The van der Waals surface area contributed by atoms with E-state index in [4.69, 9.17) is 9.84 Å². The van der Waals surface area contributed by atoms with Crippen LogP contribution in [0, 0.1) is 3.57 Å². The summed E-state index contributed by atoms with van der Waals surface area (Å²) in [5.74, 6) is -0.742. The lowest BCUT2D eigenvalue weighted by Crippen LogP contribution is -2.22. The monoisotopic (exact) mass is 398 g/mol. The van der Waals surface area contributed by atoms with E-state index in [1.54, 1.807) is 19.9 Å². The lowest BCUT2D eigenvalue weighted by Gasteiger charge is -2.11. The number of ether oxygens (including phenoxy) is 1. The van der Waals surface area contributed by atoms with Gasteiger partial charge in [-0.1, -0.05) is 0 Å². The average molecular weight is 398 g/mol. The molecule has 7 heteroatoms. The maximum absolute atomic E-state index is 11.6. The predicted octanol–water partition coefficient (Wildman–Crippen LogP) is 2.19. The second kappa shape index (κ2) is 6.56. The van der Waals surface area contributed by atoms with Crippen molar-refractivity contribution in [1.29, 1.82) is 0 Å². The molecule has 0 saturated heterocycles. The van der Waals surface area contributed by atoms with Gasteiger partial charge in [0.05, 0.1) is 20.1 Å². The van der Waals surface area contributed by atoms with Crippen LogP contribution in [0.2, 0.25) is 0 Å². The van der Waals surface area contributed by atoms with Gasteiger partial charge in [-0.15, -0.1) is 0 Å². The van der Waals surface area contributed by atoms with E-state index in [2.05, 4.69) is 0 Å². The Morgan fingerprint density at radius 2 is 2.05 bits per heavy atom. The molecule has 0 atom stereocenters. The summed E-state index contributed by atoms with van der Waals surface area (Å²) in [7, 11) is -3.15. The summed E-state index contributed by atoms with van der Waals surface area (Å²) < 4.78 is 29.3. The van der Waals surface area contributed by atoms with Gasteiger partial charge in [-0.25, -0.2) is 13.2 Å². The lowest BCUT2D eigenvalue weighted by molar-refractivity contribution is 0.0696. The molecule has 0 spiro atoms. The van der Waals surface area contributed by atoms with Crippen LogP contribution in [-0.2, 0) is 9.84 Å². The van der Waals surface area contributed by atoms with Crippen molar-refractivity contribution in [2.75, 3.05) is 12.4 Å². The van der Waals surface area contributed by atoms with Gasteiger partial charge in [0, 0.05) is 0 Å². The number of benzene rings is 1. The molecule has 0 saturated carbocycles. The van der Waals surface area contributed by atoms with E-state index in [0.717, 1.165) is 3.57 Å². The summed E-state index contributed by atoms with van der Waals surface area (Å²) >= 11 is 2.01. The van der Waals surface area contributed by atoms with Crippen LogP contribution in [0.1, 0.15) is 24.2 Å². The van der Waals surface area contributed by atoms with Gasteiger partial charge in [-0.2, -0.15) is 0 Å². The van der Waals surface area contributed by atoms with Gasteiger partial charge >= 0.3 is 5.97 Å². The van der Waals surface area contributed by atoms with E-state index in [-0.39, 0.29) is 17.9 Å².